The Hall–Kier alpha value is -4.52. The van der Waals surface area contributed by atoms with Crippen LogP contribution in [0.15, 0.2) is 85.2 Å². The van der Waals surface area contributed by atoms with E-state index in [-0.39, 0.29) is 6.04 Å². The van der Waals surface area contributed by atoms with Crippen LogP contribution in [0.1, 0.15) is 18.4 Å². The van der Waals surface area contributed by atoms with Gasteiger partial charge in [-0.15, -0.1) is 0 Å². The van der Waals surface area contributed by atoms with E-state index in [0.29, 0.717) is 28.4 Å². The van der Waals surface area contributed by atoms with E-state index < -0.39 is 15.8 Å². The molecule has 214 valence electrons. The van der Waals surface area contributed by atoms with Crippen molar-refractivity contribution in [2.45, 2.75) is 25.4 Å². The SMILES string of the molecule is C=CS(=O)(=O)NC1CCN(Cc2ccc(-n3c(-c4cccnc4N)cc4ncc(-c5ccc(F)cn5)nc43)cc2)CC1. The molecule has 5 heterocycles. The number of likely N-dealkylation sites (tertiary alicyclic amines) is 1. The normalized spacial score (nSPS) is 14.8. The average molecular weight is 585 g/mol. The summed E-state index contributed by atoms with van der Waals surface area (Å²) in [5.41, 5.74) is 12.1. The van der Waals surface area contributed by atoms with E-state index in [4.69, 9.17) is 10.7 Å². The van der Waals surface area contributed by atoms with Crippen LogP contribution in [-0.4, -0.2) is 57.0 Å². The lowest BCUT2D eigenvalue weighted by atomic mass is 10.1. The van der Waals surface area contributed by atoms with Crippen molar-refractivity contribution in [1.29, 1.82) is 0 Å². The molecule has 5 aromatic rings. The van der Waals surface area contributed by atoms with Gasteiger partial charge in [-0.05, 0) is 60.9 Å². The van der Waals surface area contributed by atoms with Gasteiger partial charge in [0.05, 0.1) is 23.8 Å². The van der Waals surface area contributed by atoms with Crippen molar-refractivity contribution in [3.8, 4) is 28.3 Å². The number of pyridine rings is 2. The van der Waals surface area contributed by atoms with Crippen LogP contribution in [-0.2, 0) is 16.6 Å². The molecule has 1 aromatic carbocycles. The molecule has 10 nitrogen and oxygen atoms in total. The van der Waals surface area contributed by atoms with E-state index in [2.05, 4.69) is 43.3 Å². The monoisotopic (exact) mass is 584 g/mol. The van der Waals surface area contributed by atoms with E-state index in [1.807, 2.05) is 34.9 Å². The summed E-state index contributed by atoms with van der Waals surface area (Å²) in [5.74, 6) is -0.0374. The number of aromatic nitrogens is 5. The minimum absolute atomic E-state index is 0.0805. The van der Waals surface area contributed by atoms with Crippen LogP contribution in [0.2, 0.25) is 0 Å². The number of rotatable bonds is 8. The Morgan fingerprint density at radius 1 is 1.02 bits per heavy atom. The highest BCUT2D eigenvalue weighted by molar-refractivity contribution is 7.92. The van der Waals surface area contributed by atoms with Gasteiger partial charge in [0.15, 0.2) is 5.65 Å². The maximum absolute atomic E-state index is 13.5. The lowest BCUT2D eigenvalue weighted by Gasteiger charge is -2.32. The third kappa shape index (κ3) is 5.77. The van der Waals surface area contributed by atoms with E-state index in [1.54, 1.807) is 18.5 Å². The average Bonchev–Trinajstić information content (AvgIpc) is 3.37. The molecule has 0 amide bonds. The number of nitrogens with one attached hydrogen (secondary N) is 1. The number of fused-ring (bicyclic) bond motifs is 1. The molecular weight excluding hydrogens is 555 g/mol. The minimum atomic E-state index is -3.43. The maximum atomic E-state index is 13.5. The predicted octanol–water partition coefficient (Wildman–Crippen LogP) is 4.29. The standard InChI is InChI=1S/C30H29FN8O2S/c1-2-42(40,41)37-22-11-14-38(15-12-22)19-20-5-8-23(9-6-20)39-28(24-4-3-13-33-29(24)32)16-26-30(39)36-27(18-35-26)25-10-7-21(31)17-34-25/h2-10,13,16-18,22,37H,1,11-12,14-15,19H2,(H2,32,33). The Kier molecular flexibility index (Phi) is 7.50. The number of nitrogens with zero attached hydrogens (tertiary/aromatic N) is 6. The number of anilines is 1. The van der Waals surface area contributed by atoms with Gasteiger partial charge in [0.1, 0.15) is 22.8 Å². The smallest absolute Gasteiger partial charge is 0.233 e. The quantitative estimate of drug-likeness (QED) is 0.276. The number of nitrogens with two attached hydrogens (primary N) is 1. The molecule has 3 N–H and O–H groups in total. The first kappa shape index (κ1) is 27.6. The molecule has 1 fully saturated rings. The molecule has 1 aliphatic rings. The fourth-order valence-electron chi connectivity index (χ4n) is 5.21. The summed E-state index contributed by atoms with van der Waals surface area (Å²) in [7, 11) is -3.43. The number of nitrogen functional groups attached to an aromatic ring is 1. The third-order valence-electron chi connectivity index (χ3n) is 7.35. The zero-order valence-electron chi connectivity index (χ0n) is 22.7. The van der Waals surface area contributed by atoms with E-state index in [9.17, 15) is 12.8 Å². The summed E-state index contributed by atoms with van der Waals surface area (Å²) in [5, 5.41) is 0.953. The van der Waals surface area contributed by atoms with Crippen molar-refractivity contribution in [2.24, 2.45) is 0 Å². The highest BCUT2D eigenvalue weighted by Crippen LogP contribution is 2.33. The van der Waals surface area contributed by atoms with Gasteiger partial charge in [-0.1, -0.05) is 18.7 Å². The molecule has 0 saturated carbocycles. The summed E-state index contributed by atoms with van der Waals surface area (Å²) in [6.07, 6.45) is 5.90. The van der Waals surface area contributed by atoms with Crippen molar-refractivity contribution < 1.29 is 12.8 Å². The number of hydrogen-bond acceptors (Lipinski definition) is 8. The molecule has 4 aromatic heterocycles. The number of hydrogen-bond donors (Lipinski definition) is 2. The molecule has 1 aliphatic heterocycles. The predicted molar refractivity (Wildman–Crippen MR) is 160 cm³/mol. The molecule has 6 rings (SSSR count). The van der Waals surface area contributed by atoms with Crippen molar-refractivity contribution >= 4 is 27.0 Å². The van der Waals surface area contributed by atoms with Crippen LogP contribution in [0, 0.1) is 5.82 Å². The summed E-state index contributed by atoms with van der Waals surface area (Å²) < 4.78 is 41.8. The fraction of sp³-hybridized carbons (Fsp3) is 0.200. The number of sulfonamides is 1. The highest BCUT2D eigenvalue weighted by Gasteiger charge is 2.23. The largest absolute Gasteiger partial charge is 0.383 e. The first-order valence-electron chi connectivity index (χ1n) is 13.5. The Morgan fingerprint density at radius 3 is 2.50 bits per heavy atom. The summed E-state index contributed by atoms with van der Waals surface area (Å²) in [6.45, 7) is 5.68. The Labute approximate surface area is 242 Å². The molecule has 0 atom stereocenters. The first-order valence-corrected chi connectivity index (χ1v) is 15.0. The molecule has 0 spiro atoms. The Balaban J connectivity index is 1.30. The third-order valence-corrected chi connectivity index (χ3v) is 8.45. The molecule has 0 aliphatic carbocycles. The molecule has 0 radical (unpaired) electrons. The second-order valence-corrected chi connectivity index (χ2v) is 11.8. The van der Waals surface area contributed by atoms with Gasteiger partial charge in [0, 0.05) is 48.5 Å². The van der Waals surface area contributed by atoms with Crippen LogP contribution >= 0.6 is 0 Å². The van der Waals surface area contributed by atoms with Crippen molar-refractivity contribution in [3.05, 3.63) is 96.6 Å². The lowest BCUT2D eigenvalue weighted by Crippen LogP contribution is -2.43. The van der Waals surface area contributed by atoms with Crippen LogP contribution in [0.3, 0.4) is 0 Å². The zero-order chi connectivity index (χ0) is 29.3. The van der Waals surface area contributed by atoms with Gasteiger partial charge in [0.2, 0.25) is 10.0 Å². The molecule has 0 unspecified atom stereocenters. The van der Waals surface area contributed by atoms with Crippen molar-refractivity contribution in [2.75, 3.05) is 18.8 Å². The van der Waals surface area contributed by atoms with Gasteiger partial charge in [-0.25, -0.2) is 27.5 Å². The zero-order valence-corrected chi connectivity index (χ0v) is 23.5. The molecular formula is C30H29FN8O2S. The Bertz CT molecular complexity index is 1850. The lowest BCUT2D eigenvalue weighted by molar-refractivity contribution is 0.200. The summed E-state index contributed by atoms with van der Waals surface area (Å²) in [4.78, 5) is 20.3. The van der Waals surface area contributed by atoms with Crippen LogP contribution < -0.4 is 10.5 Å². The van der Waals surface area contributed by atoms with E-state index >= 15 is 0 Å². The number of piperidine rings is 1. The van der Waals surface area contributed by atoms with E-state index in [0.717, 1.165) is 66.6 Å². The van der Waals surface area contributed by atoms with Gasteiger partial charge < -0.3 is 5.73 Å². The van der Waals surface area contributed by atoms with Crippen LogP contribution in [0.25, 0.3) is 39.5 Å². The van der Waals surface area contributed by atoms with E-state index in [1.165, 1.54) is 6.07 Å². The molecule has 0 bridgehead atoms. The second-order valence-electron chi connectivity index (χ2n) is 10.2. The topological polar surface area (TPSA) is 132 Å². The highest BCUT2D eigenvalue weighted by atomic mass is 32.2. The van der Waals surface area contributed by atoms with Gasteiger partial charge in [0.25, 0.3) is 0 Å². The van der Waals surface area contributed by atoms with Crippen molar-refractivity contribution in [1.82, 2.24) is 34.1 Å². The second kappa shape index (κ2) is 11.4. The van der Waals surface area contributed by atoms with Crippen molar-refractivity contribution in [3.63, 3.8) is 0 Å². The number of benzene rings is 1. The van der Waals surface area contributed by atoms with Gasteiger partial charge in [-0.3, -0.25) is 19.4 Å². The van der Waals surface area contributed by atoms with Crippen LogP contribution in [0.5, 0.6) is 0 Å². The maximum Gasteiger partial charge on any atom is 0.233 e. The molecule has 12 heteroatoms. The first-order chi connectivity index (χ1) is 20.3. The molecule has 1 saturated heterocycles. The number of halogens is 1. The van der Waals surface area contributed by atoms with Gasteiger partial charge in [-0.2, -0.15) is 0 Å². The van der Waals surface area contributed by atoms with Crippen LogP contribution in [0.4, 0.5) is 10.2 Å². The summed E-state index contributed by atoms with van der Waals surface area (Å²) >= 11 is 0. The Morgan fingerprint density at radius 2 is 1.81 bits per heavy atom. The molecule has 42 heavy (non-hydrogen) atoms. The fourth-order valence-corrected chi connectivity index (χ4v) is 6.00. The summed E-state index contributed by atoms with van der Waals surface area (Å²) in [6, 6.07) is 16.7. The van der Waals surface area contributed by atoms with Gasteiger partial charge >= 0.3 is 0 Å². The minimum Gasteiger partial charge on any atom is -0.383 e.